The van der Waals surface area contributed by atoms with Crippen LogP contribution in [-0.2, 0) is 22.6 Å². The lowest BCUT2D eigenvalue weighted by atomic mass is 9.99. The fourth-order valence-electron chi connectivity index (χ4n) is 3.90. The van der Waals surface area contributed by atoms with E-state index in [1.807, 2.05) is 45.0 Å². The second-order valence-electron chi connectivity index (χ2n) is 7.88. The molecule has 0 aromatic heterocycles. The zero-order valence-electron chi connectivity index (χ0n) is 20.5. The van der Waals surface area contributed by atoms with Gasteiger partial charge >= 0.3 is 0 Å². The lowest BCUT2D eigenvalue weighted by molar-refractivity contribution is 0.0129. The highest BCUT2D eigenvalue weighted by Crippen LogP contribution is 2.21. The Morgan fingerprint density at radius 1 is 1.15 bits per heavy atom. The summed E-state index contributed by atoms with van der Waals surface area (Å²) in [7, 11) is 1.64. The Kier molecular flexibility index (Phi) is 11.8. The van der Waals surface area contributed by atoms with Gasteiger partial charge in [0.25, 0.3) is 0 Å². The largest absolute Gasteiger partial charge is 0.498 e. The Labute approximate surface area is 198 Å². The molecule has 6 heteroatoms. The number of likely N-dealkylation sites (tertiary alicyclic amines) is 1. The number of nitrogens with zero attached hydrogens (tertiary/aromatic N) is 1. The quantitative estimate of drug-likeness (QED) is 0.453. The average molecular weight is 457 g/mol. The van der Waals surface area contributed by atoms with Crippen molar-refractivity contribution >= 4 is 11.4 Å². The number of rotatable bonds is 10. The van der Waals surface area contributed by atoms with Gasteiger partial charge in [-0.3, -0.25) is 4.90 Å². The summed E-state index contributed by atoms with van der Waals surface area (Å²) in [5.74, 6) is 0.701. The van der Waals surface area contributed by atoms with Crippen LogP contribution in [0.3, 0.4) is 0 Å². The number of hydrogen-bond donors (Lipinski definition) is 3. The van der Waals surface area contributed by atoms with E-state index < -0.39 is 0 Å². The summed E-state index contributed by atoms with van der Waals surface area (Å²) in [6.45, 7) is 8.94. The van der Waals surface area contributed by atoms with Crippen molar-refractivity contribution in [3.05, 3.63) is 71.5 Å². The molecule has 1 fully saturated rings. The van der Waals surface area contributed by atoms with E-state index in [0.29, 0.717) is 18.8 Å². The van der Waals surface area contributed by atoms with E-state index in [2.05, 4.69) is 34.5 Å². The highest BCUT2D eigenvalue weighted by molar-refractivity contribution is 5.61. The molecule has 0 bridgehead atoms. The lowest BCUT2D eigenvalue weighted by Gasteiger charge is -2.37. The molecule has 3 rings (SSSR count). The molecular formula is C27H40N2O4. The Balaban J connectivity index is 0.00000187. The van der Waals surface area contributed by atoms with Gasteiger partial charge in [-0.05, 0) is 55.2 Å². The number of piperidine rings is 1. The van der Waals surface area contributed by atoms with E-state index in [-0.39, 0.29) is 18.8 Å². The maximum Gasteiger partial charge on any atom is 0.160 e. The van der Waals surface area contributed by atoms with Crippen LogP contribution in [0.2, 0.25) is 0 Å². The van der Waals surface area contributed by atoms with E-state index in [4.69, 9.17) is 9.47 Å². The molecule has 182 valence electrons. The summed E-state index contributed by atoms with van der Waals surface area (Å²) >= 11 is 0. The van der Waals surface area contributed by atoms with Gasteiger partial charge in [0, 0.05) is 36.9 Å². The Hall–Kier alpha value is -2.54. The van der Waals surface area contributed by atoms with Crippen molar-refractivity contribution in [2.45, 2.75) is 58.8 Å². The molecular weight excluding hydrogens is 416 g/mol. The van der Waals surface area contributed by atoms with Crippen LogP contribution in [0, 0.1) is 0 Å². The fraction of sp³-hybridized carbons (Fsp3) is 0.481. The third-order valence-corrected chi connectivity index (χ3v) is 5.64. The SMILES string of the molecule is CC.CCO/C=C(\OC)c1ccc(NCc2cccc(CN3CCC(O)CC3CO)c2)cc1. The molecule has 1 heterocycles. The van der Waals surface area contributed by atoms with Crippen molar-refractivity contribution in [1.29, 1.82) is 0 Å². The average Bonchev–Trinajstić information content (AvgIpc) is 2.86. The third-order valence-electron chi connectivity index (χ3n) is 5.64. The predicted octanol–water partition coefficient (Wildman–Crippen LogP) is 4.62. The van der Waals surface area contributed by atoms with Gasteiger partial charge in [-0.2, -0.15) is 0 Å². The molecule has 2 unspecified atom stereocenters. The molecule has 0 saturated carbocycles. The minimum absolute atomic E-state index is 0.0258. The first-order valence-electron chi connectivity index (χ1n) is 11.9. The Bertz CT molecular complexity index is 838. The van der Waals surface area contributed by atoms with Gasteiger partial charge in [0.05, 0.1) is 26.4 Å². The van der Waals surface area contributed by atoms with Crippen molar-refractivity contribution in [1.82, 2.24) is 4.90 Å². The molecule has 0 amide bonds. The van der Waals surface area contributed by atoms with Gasteiger partial charge in [-0.25, -0.2) is 0 Å². The Morgan fingerprint density at radius 2 is 1.88 bits per heavy atom. The van der Waals surface area contributed by atoms with Crippen molar-refractivity contribution in [3.8, 4) is 0 Å². The molecule has 1 saturated heterocycles. The van der Waals surface area contributed by atoms with Crippen LogP contribution >= 0.6 is 0 Å². The summed E-state index contributed by atoms with van der Waals surface area (Å²) in [5.41, 5.74) is 4.42. The maximum atomic E-state index is 9.85. The summed E-state index contributed by atoms with van der Waals surface area (Å²) in [6.07, 6.45) is 2.74. The van der Waals surface area contributed by atoms with Crippen LogP contribution in [0.1, 0.15) is 50.3 Å². The van der Waals surface area contributed by atoms with E-state index in [9.17, 15) is 10.2 Å². The number of nitrogens with one attached hydrogen (secondary N) is 1. The van der Waals surface area contributed by atoms with Crippen LogP contribution in [0.5, 0.6) is 0 Å². The van der Waals surface area contributed by atoms with Crippen LogP contribution in [0.4, 0.5) is 5.69 Å². The summed E-state index contributed by atoms with van der Waals surface area (Å²) in [5, 5.41) is 23.0. The number of anilines is 1. The first-order valence-corrected chi connectivity index (χ1v) is 11.9. The molecule has 0 radical (unpaired) electrons. The lowest BCUT2D eigenvalue weighted by Crippen LogP contribution is -2.45. The number of aliphatic hydroxyl groups is 2. The number of aliphatic hydroxyl groups excluding tert-OH is 2. The molecule has 1 aliphatic rings. The zero-order valence-corrected chi connectivity index (χ0v) is 20.5. The van der Waals surface area contributed by atoms with Crippen LogP contribution in [-0.4, -0.2) is 54.1 Å². The first kappa shape index (κ1) is 26.7. The van der Waals surface area contributed by atoms with Crippen LogP contribution in [0.15, 0.2) is 54.8 Å². The maximum absolute atomic E-state index is 9.85. The standard InChI is InChI=1S/C25H34N2O4.C2H6/c1-3-31-18-25(30-2)21-7-9-22(10-8-21)26-15-19-5-4-6-20(13-19)16-27-12-11-24(29)14-23(27)17-28;1-2/h4-10,13,18,23-24,26,28-29H,3,11-12,14-17H2,1-2H3;1-2H3/b25-18-;. The van der Waals surface area contributed by atoms with Crippen molar-refractivity contribution < 1.29 is 19.7 Å². The molecule has 6 nitrogen and oxygen atoms in total. The van der Waals surface area contributed by atoms with Crippen molar-refractivity contribution in [2.75, 3.05) is 32.2 Å². The van der Waals surface area contributed by atoms with E-state index >= 15 is 0 Å². The second kappa shape index (κ2) is 14.6. The number of ether oxygens (including phenoxy) is 2. The monoisotopic (exact) mass is 456 g/mol. The number of hydrogen-bond acceptors (Lipinski definition) is 6. The zero-order chi connectivity index (χ0) is 24.1. The molecule has 33 heavy (non-hydrogen) atoms. The molecule has 2 atom stereocenters. The molecule has 2 aromatic rings. The van der Waals surface area contributed by atoms with Gasteiger partial charge in [-0.15, -0.1) is 0 Å². The van der Waals surface area contributed by atoms with Crippen LogP contribution in [0.25, 0.3) is 5.76 Å². The minimum Gasteiger partial charge on any atom is -0.498 e. The normalized spacial score (nSPS) is 18.8. The molecule has 2 aromatic carbocycles. The topological polar surface area (TPSA) is 74.2 Å². The number of methoxy groups -OCH3 is 1. The van der Waals surface area contributed by atoms with Crippen molar-refractivity contribution in [3.63, 3.8) is 0 Å². The highest BCUT2D eigenvalue weighted by atomic mass is 16.5. The molecule has 0 aliphatic carbocycles. The molecule has 3 N–H and O–H groups in total. The number of benzene rings is 2. The van der Waals surface area contributed by atoms with Crippen molar-refractivity contribution in [2.24, 2.45) is 0 Å². The second-order valence-corrected chi connectivity index (χ2v) is 7.88. The first-order chi connectivity index (χ1) is 16.1. The highest BCUT2D eigenvalue weighted by Gasteiger charge is 2.26. The van der Waals surface area contributed by atoms with Gasteiger partial charge in [0.15, 0.2) is 5.76 Å². The smallest absolute Gasteiger partial charge is 0.160 e. The third kappa shape index (κ3) is 8.39. The van der Waals surface area contributed by atoms with E-state index in [0.717, 1.165) is 37.3 Å². The van der Waals surface area contributed by atoms with E-state index in [1.165, 1.54) is 11.1 Å². The van der Waals surface area contributed by atoms with Gasteiger partial charge < -0.3 is 25.0 Å². The van der Waals surface area contributed by atoms with Crippen LogP contribution < -0.4 is 5.32 Å². The summed E-state index contributed by atoms with van der Waals surface area (Å²) in [4.78, 5) is 2.27. The molecule has 1 aliphatic heterocycles. The van der Waals surface area contributed by atoms with Gasteiger partial charge in [-0.1, -0.05) is 38.1 Å². The molecule has 0 spiro atoms. The predicted molar refractivity (Wildman–Crippen MR) is 135 cm³/mol. The van der Waals surface area contributed by atoms with Gasteiger partial charge in [0.1, 0.15) is 6.26 Å². The summed E-state index contributed by atoms with van der Waals surface area (Å²) < 4.78 is 10.7. The minimum atomic E-state index is -0.301. The van der Waals surface area contributed by atoms with E-state index in [1.54, 1.807) is 13.4 Å². The summed E-state index contributed by atoms with van der Waals surface area (Å²) in [6, 6.07) is 16.6. The fourth-order valence-corrected chi connectivity index (χ4v) is 3.90. The Morgan fingerprint density at radius 3 is 2.55 bits per heavy atom. The van der Waals surface area contributed by atoms with Gasteiger partial charge in [0.2, 0.25) is 0 Å².